The van der Waals surface area contributed by atoms with Crippen molar-refractivity contribution >= 4 is 22.6 Å². The fourth-order valence-corrected chi connectivity index (χ4v) is 3.06. The van der Waals surface area contributed by atoms with Crippen LogP contribution in [0.4, 0.5) is 10.1 Å². The highest BCUT2D eigenvalue weighted by molar-refractivity contribution is 5.96. The van der Waals surface area contributed by atoms with Gasteiger partial charge >= 0.3 is 0 Å². The van der Waals surface area contributed by atoms with E-state index in [4.69, 9.17) is 5.73 Å². The number of fused-ring (bicyclic) bond motifs is 1. The Balaban J connectivity index is 1.96. The van der Waals surface area contributed by atoms with Crippen molar-refractivity contribution in [1.29, 1.82) is 0 Å². The van der Waals surface area contributed by atoms with Gasteiger partial charge in [-0.3, -0.25) is 4.79 Å². The first-order valence-corrected chi connectivity index (χ1v) is 9.11. The smallest absolute Gasteiger partial charge is 0.241 e. The topological polar surface area (TPSA) is 72.9 Å². The summed E-state index contributed by atoms with van der Waals surface area (Å²) in [5.41, 5.74) is 9.96. The molecule has 0 aliphatic heterocycles. The van der Waals surface area contributed by atoms with Crippen LogP contribution in [0.25, 0.3) is 22.4 Å². The molecule has 6 heteroatoms. The summed E-state index contributed by atoms with van der Waals surface area (Å²) in [4.78, 5) is 17.0. The highest BCUT2D eigenvalue weighted by Gasteiger charge is 2.20. The van der Waals surface area contributed by atoms with Crippen molar-refractivity contribution in [2.24, 2.45) is 18.7 Å². The van der Waals surface area contributed by atoms with Crippen molar-refractivity contribution in [3.05, 3.63) is 47.8 Å². The SMILES string of the molecule is CCC(C)C(N)C(=O)Nc1cc(-c2nc3cc(F)ccc3n2C)ccc1C. The van der Waals surface area contributed by atoms with Crippen molar-refractivity contribution < 1.29 is 9.18 Å². The number of carbonyl (C=O) groups is 1. The van der Waals surface area contributed by atoms with E-state index in [0.29, 0.717) is 17.0 Å². The molecule has 27 heavy (non-hydrogen) atoms. The number of hydrogen-bond acceptors (Lipinski definition) is 3. The van der Waals surface area contributed by atoms with Crippen LogP contribution < -0.4 is 11.1 Å². The molecule has 0 saturated heterocycles. The number of nitrogens with zero attached hydrogens (tertiary/aromatic N) is 2. The normalized spacial score (nSPS) is 13.6. The minimum Gasteiger partial charge on any atom is -0.327 e. The minimum atomic E-state index is -0.559. The number of amides is 1. The van der Waals surface area contributed by atoms with E-state index in [1.807, 2.05) is 50.6 Å². The molecule has 2 unspecified atom stereocenters. The molecule has 1 amide bonds. The molecule has 0 bridgehead atoms. The quantitative estimate of drug-likeness (QED) is 0.715. The first-order valence-electron chi connectivity index (χ1n) is 9.11. The van der Waals surface area contributed by atoms with Crippen molar-refractivity contribution in [3.63, 3.8) is 0 Å². The van der Waals surface area contributed by atoms with Gasteiger partial charge in [-0.1, -0.05) is 32.4 Å². The number of imidazole rings is 1. The van der Waals surface area contributed by atoms with E-state index in [1.54, 1.807) is 6.07 Å². The molecule has 0 saturated carbocycles. The van der Waals surface area contributed by atoms with Crippen LogP contribution in [0.1, 0.15) is 25.8 Å². The Labute approximate surface area is 158 Å². The summed E-state index contributed by atoms with van der Waals surface area (Å²) >= 11 is 0. The molecule has 3 aromatic rings. The number of aryl methyl sites for hydroxylation is 2. The molecule has 1 aromatic heterocycles. The maximum absolute atomic E-state index is 13.5. The molecule has 2 aromatic carbocycles. The first-order chi connectivity index (χ1) is 12.8. The number of nitrogens with two attached hydrogens (primary N) is 1. The Hall–Kier alpha value is -2.73. The second-order valence-corrected chi connectivity index (χ2v) is 7.06. The third kappa shape index (κ3) is 3.71. The third-order valence-electron chi connectivity index (χ3n) is 5.16. The van der Waals surface area contributed by atoms with E-state index in [0.717, 1.165) is 23.1 Å². The van der Waals surface area contributed by atoms with Crippen molar-refractivity contribution in [1.82, 2.24) is 9.55 Å². The Bertz CT molecular complexity index is 995. The number of rotatable bonds is 5. The highest BCUT2D eigenvalue weighted by atomic mass is 19.1. The van der Waals surface area contributed by atoms with Gasteiger partial charge in [-0.25, -0.2) is 9.37 Å². The molecule has 0 radical (unpaired) electrons. The molecule has 0 aliphatic carbocycles. The van der Waals surface area contributed by atoms with Crippen LogP contribution in [-0.2, 0) is 11.8 Å². The Morgan fingerprint density at radius 3 is 2.74 bits per heavy atom. The number of halogens is 1. The van der Waals surface area contributed by atoms with Crippen LogP contribution in [0.5, 0.6) is 0 Å². The monoisotopic (exact) mass is 368 g/mol. The lowest BCUT2D eigenvalue weighted by molar-refractivity contribution is -0.118. The predicted molar refractivity (Wildman–Crippen MR) is 107 cm³/mol. The van der Waals surface area contributed by atoms with E-state index in [1.165, 1.54) is 12.1 Å². The van der Waals surface area contributed by atoms with Crippen LogP contribution in [0, 0.1) is 18.7 Å². The Morgan fingerprint density at radius 1 is 1.30 bits per heavy atom. The third-order valence-corrected chi connectivity index (χ3v) is 5.16. The molecule has 0 fully saturated rings. The van der Waals surface area contributed by atoms with E-state index < -0.39 is 6.04 Å². The van der Waals surface area contributed by atoms with Gasteiger partial charge in [0.15, 0.2) is 0 Å². The summed E-state index contributed by atoms with van der Waals surface area (Å²) in [6.07, 6.45) is 0.837. The molecular weight excluding hydrogens is 343 g/mol. The van der Waals surface area contributed by atoms with Gasteiger partial charge < -0.3 is 15.6 Å². The second-order valence-electron chi connectivity index (χ2n) is 7.06. The number of anilines is 1. The number of benzene rings is 2. The molecule has 5 nitrogen and oxygen atoms in total. The Morgan fingerprint density at radius 2 is 2.04 bits per heavy atom. The van der Waals surface area contributed by atoms with Crippen molar-refractivity contribution in [2.75, 3.05) is 5.32 Å². The van der Waals surface area contributed by atoms with Crippen LogP contribution in [0.3, 0.4) is 0 Å². The maximum atomic E-state index is 13.5. The van der Waals surface area contributed by atoms with Crippen LogP contribution >= 0.6 is 0 Å². The fraction of sp³-hybridized carbons (Fsp3) is 0.333. The fourth-order valence-electron chi connectivity index (χ4n) is 3.06. The van der Waals surface area contributed by atoms with Gasteiger partial charge in [0.2, 0.25) is 5.91 Å². The van der Waals surface area contributed by atoms with Crippen LogP contribution in [0.15, 0.2) is 36.4 Å². The highest BCUT2D eigenvalue weighted by Crippen LogP contribution is 2.28. The first kappa shape index (κ1) is 19.0. The molecule has 2 atom stereocenters. The molecule has 142 valence electrons. The maximum Gasteiger partial charge on any atom is 0.241 e. The minimum absolute atomic E-state index is 0.100. The number of nitrogens with one attached hydrogen (secondary N) is 1. The zero-order valence-corrected chi connectivity index (χ0v) is 16.1. The second kappa shape index (κ2) is 7.48. The van der Waals surface area contributed by atoms with E-state index >= 15 is 0 Å². The van der Waals surface area contributed by atoms with Gasteiger partial charge in [0.1, 0.15) is 11.6 Å². The van der Waals surface area contributed by atoms with Gasteiger partial charge in [0.25, 0.3) is 0 Å². The van der Waals surface area contributed by atoms with E-state index in [2.05, 4.69) is 10.3 Å². The molecule has 3 rings (SSSR count). The van der Waals surface area contributed by atoms with Crippen LogP contribution in [0.2, 0.25) is 0 Å². The van der Waals surface area contributed by atoms with E-state index in [9.17, 15) is 9.18 Å². The number of aromatic nitrogens is 2. The van der Waals surface area contributed by atoms with Gasteiger partial charge in [0.05, 0.1) is 17.1 Å². The lowest BCUT2D eigenvalue weighted by atomic mass is 9.99. The Kier molecular flexibility index (Phi) is 5.28. The average Bonchev–Trinajstić information content (AvgIpc) is 2.97. The molecule has 3 N–H and O–H groups in total. The van der Waals surface area contributed by atoms with Gasteiger partial charge in [-0.05, 0) is 36.6 Å². The van der Waals surface area contributed by atoms with E-state index in [-0.39, 0.29) is 17.6 Å². The van der Waals surface area contributed by atoms with Crippen LogP contribution in [-0.4, -0.2) is 21.5 Å². The molecule has 0 aliphatic rings. The van der Waals surface area contributed by atoms with Gasteiger partial charge in [0, 0.05) is 24.4 Å². The zero-order chi connectivity index (χ0) is 19.7. The van der Waals surface area contributed by atoms with Crippen molar-refractivity contribution in [2.45, 2.75) is 33.2 Å². The summed E-state index contributed by atoms with van der Waals surface area (Å²) in [5.74, 6) is 0.292. The number of carbonyl (C=O) groups excluding carboxylic acids is 1. The summed E-state index contributed by atoms with van der Waals surface area (Å²) < 4.78 is 15.4. The molecule has 1 heterocycles. The van der Waals surface area contributed by atoms with Crippen molar-refractivity contribution in [3.8, 4) is 11.4 Å². The predicted octanol–water partition coefficient (Wildman–Crippen LogP) is 4.00. The molecular formula is C21H25FN4O. The molecule has 0 spiro atoms. The summed E-state index contributed by atoms with van der Waals surface area (Å²) in [6.45, 7) is 5.91. The lowest BCUT2D eigenvalue weighted by Gasteiger charge is -2.19. The average molecular weight is 368 g/mol. The largest absolute Gasteiger partial charge is 0.327 e. The summed E-state index contributed by atoms with van der Waals surface area (Å²) in [7, 11) is 1.89. The van der Waals surface area contributed by atoms with Gasteiger partial charge in [-0.2, -0.15) is 0 Å². The number of hydrogen-bond donors (Lipinski definition) is 2. The summed E-state index contributed by atoms with van der Waals surface area (Å²) in [5, 5.41) is 2.94. The summed E-state index contributed by atoms with van der Waals surface area (Å²) in [6, 6.07) is 9.75. The standard InChI is InChI=1S/C21H25FN4O/c1-5-12(2)19(23)21(27)25-16-10-14(7-6-13(16)3)20-24-17-11-15(22)8-9-18(17)26(20)4/h6-12,19H,5,23H2,1-4H3,(H,25,27). The zero-order valence-electron chi connectivity index (χ0n) is 16.1. The van der Waals surface area contributed by atoms with Gasteiger partial charge in [-0.15, -0.1) is 0 Å². The lowest BCUT2D eigenvalue weighted by Crippen LogP contribution is -2.40.